The number of hydrogen-bond acceptors (Lipinski definition) is 3. The minimum Gasteiger partial charge on any atom is -0.491 e. The Morgan fingerprint density at radius 2 is 1.89 bits per heavy atom. The maximum absolute atomic E-state index is 14.9. The summed E-state index contributed by atoms with van der Waals surface area (Å²) in [5.74, 6) is 0.748. The van der Waals surface area contributed by atoms with E-state index in [9.17, 15) is 4.39 Å². The van der Waals surface area contributed by atoms with Crippen molar-refractivity contribution in [3.05, 3.63) is 29.8 Å². The molecule has 0 bridgehead atoms. The van der Waals surface area contributed by atoms with Crippen molar-refractivity contribution < 1.29 is 13.9 Å². The van der Waals surface area contributed by atoms with Gasteiger partial charge in [-0.25, -0.2) is 4.39 Å². The van der Waals surface area contributed by atoms with Crippen molar-refractivity contribution in [2.24, 2.45) is 5.73 Å². The highest BCUT2D eigenvalue weighted by Gasteiger charge is 2.31. The Balaban J connectivity index is 2.84. The molecular formula is C15H24FNO2. The predicted octanol–water partition coefficient (Wildman–Crippen LogP) is 3.02. The molecule has 0 aliphatic carbocycles. The first-order valence-corrected chi connectivity index (χ1v) is 6.67. The van der Waals surface area contributed by atoms with Crippen molar-refractivity contribution in [1.82, 2.24) is 0 Å². The molecule has 1 unspecified atom stereocenters. The summed E-state index contributed by atoms with van der Waals surface area (Å²) in [4.78, 5) is 0. The van der Waals surface area contributed by atoms with Crippen LogP contribution in [0, 0.1) is 0 Å². The van der Waals surface area contributed by atoms with Gasteiger partial charge in [-0.05, 0) is 50.9 Å². The van der Waals surface area contributed by atoms with Gasteiger partial charge in [-0.1, -0.05) is 12.1 Å². The second-order valence-electron chi connectivity index (χ2n) is 4.98. The lowest BCUT2D eigenvalue weighted by molar-refractivity contribution is 0.0303. The maximum Gasteiger partial charge on any atom is 0.159 e. The molecule has 4 heteroatoms. The Labute approximate surface area is 114 Å². The normalized spacial score (nSPS) is 14.4. The lowest BCUT2D eigenvalue weighted by Crippen LogP contribution is -2.27. The van der Waals surface area contributed by atoms with Crippen molar-refractivity contribution in [2.75, 3.05) is 20.3 Å². The third-order valence-electron chi connectivity index (χ3n) is 2.89. The van der Waals surface area contributed by atoms with Crippen LogP contribution < -0.4 is 10.5 Å². The molecule has 1 atom stereocenters. The number of benzene rings is 1. The Bertz CT molecular complexity index is 367. The molecule has 108 valence electrons. The fourth-order valence-electron chi connectivity index (χ4n) is 2.02. The van der Waals surface area contributed by atoms with E-state index in [1.165, 1.54) is 7.11 Å². The number of methoxy groups -OCH3 is 1. The van der Waals surface area contributed by atoms with Gasteiger partial charge in [0.2, 0.25) is 0 Å². The average molecular weight is 269 g/mol. The highest BCUT2D eigenvalue weighted by molar-refractivity contribution is 5.31. The monoisotopic (exact) mass is 269 g/mol. The minimum absolute atomic E-state index is 0.0391. The van der Waals surface area contributed by atoms with Gasteiger partial charge in [-0.3, -0.25) is 0 Å². The molecular weight excluding hydrogens is 245 g/mol. The van der Waals surface area contributed by atoms with Crippen molar-refractivity contribution in [1.29, 1.82) is 0 Å². The highest BCUT2D eigenvalue weighted by atomic mass is 19.1. The van der Waals surface area contributed by atoms with E-state index in [0.717, 1.165) is 5.75 Å². The summed E-state index contributed by atoms with van der Waals surface area (Å²) in [5.41, 5.74) is 4.59. The topological polar surface area (TPSA) is 44.5 Å². The number of nitrogens with two attached hydrogens (primary N) is 1. The Morgan fingerprint density at radius 3 is 2.37 bits per heavy atom. The molecule has 0 heterocycles. The summed E-state index contributed by atoms with van der Waals surface area (Å²) in [5, 5.41) is 0. The van der Waals surface area contributed by atoms with Crippen molar-refractivity contribution in [2.45, 2.75) is 38.5 Å². The number of rotatable bonds is 8. The lowest BCUT2D eigenvalue weighted by Gasteiger charge is -2.25. The van der Waals surface area contributed by atoms with Crippen LogP contribution in [-0.2, 0) is 10.4 Å². The van der Waals surface area contributed by atoms with Gasteiger partial charge in [-0.2, -0.15) is 0 Å². The van der Waals surface area contributed by atoms with E-state index in [1.54, 1.807) is 24.3 Å². The Kier molecular flexibility index (Phi) is 6.25. The molecule has 1 aromatic rings. The zero-order chi connectivity index (χ0) is 14.3. The van der Waals surface area contributed by atoms with Gasteiger partial charge in [0.25, 0.3) is 0 Å². The van der Waals surface area contributed by atoms with Gasteiger partial charge >= 0.3 is 0 Å². The average Bonchev–Trinajstić information content (AvgIpc) is 2.37. The van der Waals surface area contributed by atoms with E-state index >= 15 is 0 Å². The molecule has 19 heavy (non-hydrogen) atoms. The summed E-state index contributed by atoms with van der Waals surface area (Å²) < 4.78 is 25.4. The Morgan fingerprint density at radius 1 is 1.26 bits per heavy atom. The summed E-state index contributed by atoms with van der Waals surface area (Å²) in [6.07, 6.45) is 1.10. The summed E-state index contributed by atoms with van der Waals surface area (Å²) in [7, 11) is 1.51. The Hall–Kier alpha value is -1.13. The third kappa shape index (κ3) is 4.80. The van der Waals surface area contributed by atoms with Gasteiger partial charge in [-0.15, -0.1) is 0 Å². The highest BCUT2D eigenvalue weighted by Crippen LogP contribution is 2.32. The smallest absolute Gasteiger partial charge is 0.159 e. The zero-order valence-electron chi connectivity index (χ0n) is 12.0. The van der Waals surface area contributed by atoms with E-state index < -0.39 is 5.67 Å². The molecule has 1 rings (SSSR count). The molecule has 0 aliphatic rings. The van der Waals surface area contributed by atoms with E-state index in [-0.39, 0.29) is 12.7 Å². The molecule has 0 aliphatic heterocycles. The zero-order valence-corrected chi connectivity index (χ0v) is 12.0. The van der Waals surface area contributed by atoms with Crippen LogP contribution in [-0.4, -0.2) is 26.4 Å². The second kappa shape index (κ2) is 7.46. The molecule has 0 amide bonds. The molecule has 2 N–H and O–H groups in total. The molecule has 0 aromatic heterocycles. The molecule has 0 fully saturated rings. The second-order valence-corrected chi connectivity index (χ2v) is 4.98. The first kappa shape index (κ1) is 15.9. The van der Waals surface area contributed by atoms with Gasteiger partial charge in [0.1, 0.15) is 5.75 Å². The van der Waals surface area contributed by atoms with E-state index in [1.807, 2.05) is 13.8 Å². The van der Waals surface area contributed by atoms with Crippen LogP contribution in [0.4, 0.5) is 4.39 Å². The van der Waals surface area contributed by atoms with Crippen LogP contribution in [0.15, 0.2) is 24.3 Å². The van der Waals surface area contributed by atoms with Crippen molar-refractivity contribution in [3.63, 3.8) is 0 Å². The summed E-state index contributed by atoms with van der Waals surface area (Å²) in [6.45, 7) is 4.43. The maximum atomic E-state index is 14.9. The van der Waals surface area contributed by atoms with Crippen LogP contribution in [0.3, 0.4) is 0 Å². The van der Waals surface area contributed by atoms with Crippen LogP contribution in [0.25, 0.3) is 0 Å². The van der Waals surface area contributed by atoms with E-state index in [2.05, 4.69) is 0 Å². The van der Waals surface area contributed by atoms with Crippen molar-refractivity contribution in [3.8, 4) is 5.75 Å². The number of ether oxygens (including phenoxy) is 2. The van der Waals surface area contributed by atoms with Gasteiger partial charge in [0, 0.05) is 7.11 Å². The standard InChI is InChI=1S/C15H24FNO2/c1-12(2)19-14-7-5-13(6-8-14)15(16,11-18-3)9-4-10-17/h5-8,12H,4,9-11,17H2,1-3H3. The number of hydrogen-bond donors (Lipinski definition) is 1. The van der Waals surface area contributed by atoms with E-state index in [0.29, 0.717) is 24.9 Å². The molecule has 0 saturated heterocycles. The lowest BCUT2D eigenvalue weighted by atomic mass is 9.91. The summed E-state index contributed by atoms with van der Waals surface area (Å²) in [6, 6.07) is 7.10. The summed E-state index contributed by atoms with van der Waals surface area (Å²) >= 11 is 0. The third-order valence-corrected chi connectivity index (χ3v) is 2.89. The fraction of sp³-hybridized carbons (Fsp3) is 0.600. The first-order chi connectivity index (χ1) is 9.01. The molecule has 0 saturated carbocycles. The fourth-order valence-corrected chi connectivity index (χ4v) is 2.02. The van der Waals surface area contributed by atoms with Gasteiger partial charge in [0.15, 0.2) is 5.67 Å². The van der Waals surface area contributed by atoms with Crippen LogP contribution in [0.2, 0.25) is 0 Å². The predicted molar refractivity (Wildman–Crippen MR) is 75.2 cm³/mol. The molecule has 3 nitrogen and oxygen atoms in total. The number of alkyl halides is 1. The van der Waals surface area contributed by atoms with Crippen molar-refractivity contribution >= 4 is 0 Å². The van der Waals surface area contributed by atoms with Gasteiger partial charge in [0.05, 0.1) is 12.7 Å². The molecule has 0 spiro atoms. The van der Waals surface area contributed by atoms with Gasteiger partial charge < -0.3 is 15.2 Å². The van der Waals surface area contributed by atoms with Crippen LogP contribution in [0.5, 0.6) is 5.75 Å². The first-order valence-electron chi connectivity index (χ1n) is 6.67. The van der Waals surface area contributed by atoms with Crippen LogP contribution in [0.1, 0.15) is 32.3 Å². The minimum atomic E-state index is -1.48. The number of halogens is 1. The van der Waals surface area contributed by atoms with Crippen LogP contribution >= 0.6 is 0 Å². The quantitative estimate of drug-likeness (QED) is 0.789. The SMILES string of the molecule is COCC(F)(CCCN)c1ccc(OC(C)C)cc1. The molecule has 1 aromatic carbocycles. The van der Waals surface area contributed by atoms with E-state index in [4.69, 9.17) is 15.2 Å². The largest absolute Gasteiger partial charge is 0.491 e. The molecule has 0 radical (unpaired) electrons.